The van der Waals surface area contributed by atoms with Crippen molar-refractivity contribution in [2.24, 2.45) is 0 Å². The lowest BCUT2D eigenvalue weighted by atomic mass is 10.4. The van der Waals surface area contributed by atoms with Crippen molar-refractivity contribution in [2.45, 2.75) is 6.42 Å². The first-order valence-corrected chi connectivity index (χ1v) is 7.99. The highest BCUT2D eigenvalue weighted by Gasteiger charge is 1.92. The highest BCUT2D eigenvalue weighted by molar-refractivity contribution is 4.59. The van der Waals surface area contributed by atoms with Crippen molar-refractivity contribution in [1.29, 1.82) is 0 Å². The van der Waals surface area contributed by atoms with E-state index in [0.717, 1.165) is 72.1 Å². The van der Waals surface area contributed by atoms with E-state index >= 15 is 0 Å². The van der Waals surface area contributed by atoms with Gasteiger partial charge >= 0.3 is 0 Å². The first-order valence-electron chi connectivity index (χ1n) is 7.99. The van der Waals surface area contributed by atoms with Gasteiger partial charge in [0.25, 0.3) is 0 Å². The van der Waals surface area contributed by atoms with Crippen LogP contribution in [0.3, 0.4) is 0 Å². The zero-order valence-corrected chi connectivity index (χ0v) is 13.0. The van der Waals surface area contributed by atoms with Crippen LogP contribution in [0, 0.1) is 0 Å². The van der Waals surface area contributed by atoms with E-state index < -0.39 is 0 Å². The smallest absolute Gasteiger partial charge is 0.0455 e. The van der Waals surface area contributed by atoms with E-state index in [0.29, 0.717) is 0 Å². The van der Waals surface area contributed by atoms with E-state index in [1.54, 1.807) is 0 Å². The third-order valence-electron chi connectivity index (χ3n) is 2.97. The first-order chi connectivity index (χ1) is 10.5. The van der Waals surface area contributed by atoms with Crippen LogP contribution in [0.5, 0.6) is 0 Å². The first kappa shape index (κ1) is 18.7. The lowest BCUT2D eigenvalue weighted by Gasteiger charge is -2.11. The molecule has 126 valence electrons. The summed E-state index contributed by atoms with van der Waals surface area (Å²) in [7, 11) is 0. The van der Waals surface area contributed by atoms with Crippen LogP contribution in [-0.4, -0.2) is 72.1 Å². The molecule has 4 fully saturated rings. The van der Waals surface area contributed by atoms with Gasteiger partial charge in [0.15, 0.2) is 0 Å². The molecule has 0 spiro atoms. The topological polar surface area (TPSA) is 108 Å². The predicted molar refractivity (Wildman–Crippen MR) is 86.4 cm³/mol. The molecule has 0 radical (unpaired) electrons. The van der Waals surface area contributed by atoms with Gasteiger partial charge in [-0.2, -0.15) is 5.53 Å². The third-order valence-corrected chi connectivity index (χ3v) is 2.97. The number of piperazine rings is 1. The van der Waals surface area contributed by atoms with E-state index in [2.05, 4.69) is 48.5 Å². The molecule has 4 heterocycles. The van der Waals surface area contributed by atoms with Crippen LogP contribution in [0.4, 0.5) is 0 Å². The average molecular weight is 303 g/mol. The standard InChI is InChI=1S/C4H10N2.2C3H8N2.C2H7N3/c1-2-6-4-3-5-1;1-2-5-3-4-1;2*1-2-4-5-3-1/h5-6H,1-4H2;2*4-5H,1-3H2;3-5H,1-2H2. The number of hydrogen-bond donors (Lipinski definition) is 9. The Balaban J connectivity index is 0.000000140. The van der Waals surface area contributed by atoms with E-state index in [9.17, 15) is 0 Å². The van der Waals surface area contributed by atoms with Crippen molar-refractivity contribution >= 4 is 0 Å². The van der Waals surface area contributed by atoms with Gasteiger partial charge in [-0.15, -0.1) is 0 Å². The van der Waals surface area contributed by atoms with E-state index in [1.165, 1.54) is 6.42 Å². The SMILES string of the molecule is C1CNCCN1.C1CNCN1.C1CNNC1.C1CNNN1. The highest BCUT2D eigenvalue weighted by atomic mass is 15.6. The van der Waals surface area contributed by atoms with Crippen molar-refractivity contribution in [3.63, 3.8) is 0 Å². The summed E-state index contributed by atoms with van der Waals surface area (Å²) in [5.41, 5.74) is 14.4. The summed E-state index contributed by atoms with van der Waals surface area (Å²) in [6, 6.07) is 0. The van der Waals surface area contributed by atoms with Gasteiger partial charge in [-0.25, -0.2) is 10.9 Å². The fourth-order valence-corrected chi connectivity index (χ4v) is 1.80. The second-order valence-electron chi connectivity index (χ2n) is 4.86. The van der Waals surface area contributed by atoms with Gasteiger partial charge < -0.3 is 21.3 Å². The molecule has 0 bridgehead atoms. The Kier molecular flexibility index (Phi) is 14.3. The fourth-order valence-electron chi connectivity index (χ4n) is 1.80. The highest BCUT2D eigenvalue weighted by Crippen LogP contribution is 1.74. The summed E-state index contributed by atoms with van der Waals surface area (Å²) in [4.78, 5) is 0. The molecule has 0 aromatic carbocycles. The molecule has 4 aliphatic heterocycles. The molecule has 0 aliphatic carbocycles. The average Bonchev–Trinajstić information content (AvgIpc) is 3.38. The zero-order chi connectivity index (χ0) is 14.8. The number of hydrazine groups is 3. The van der Waals surface area contributed by atoms with Gasteiger partial charge in [-0.3, -0.25) is 10.9 Å². The number of rotatable bonds is 0. The van der Waals surface area contributed by atoms with Crippen LogP contribution in [0.1, 0.15) is 6.42 Å². The molecule has 9 nitrogen and oxygen atoms in total. The number of hydrogen-bond acceptors (Lipinski definition) is 9. The molecule has 9 heteroatoms. The molecule has 21 heavy (non-hydrogen) atoms. The van der Waals surface area contributed by atoms with Gasteiger partial charge in [0, 0.05) is 72.1 Å². The van der Waals surface area contributed by atoms with Gasteiger partial charge in [0.1, 0.15) is 0 Å². The van der Waals surface area contributed by atoms with Crippen LogP contribution >= 0.6 is 0 Å². The third kappa shape index (κ3) is 14.3. The van der Waals surface area contributed by atoms with Crippen LogP contribution in [0.2, 0.25) is 0 Å². The van der Waals surface area contributed by atoms with Gasteiger partial charge in [-0.05, 0) is 6.42 Å². The Labute approximate surface area is 128 Å². The fraction of sp³-hybridized carbons (Fsp3) is 1.00. The summed E-state index contributed by atoms with van der Waals surface area (Å²) < 4.78 is 0. The minimum absolute atomic E-state index is 1.00. The molecule has 4 rings (SSSR count). The molecule has 0 saturated carbocycles. The molecule has 0 aromatic rings. The van der Waals surface area contributed by atoms with Crippen molar-refractivity contribution < 1.29 is 0 Å². The Bertz CT molecular complexity index is 131. The summed E-state index contributed by atoms with van der Waals surface area (Å²) in [5, 5.41) is 12.7. The molecule has 0 aromatic heterocycles. The van der Waals surface area contributed by atoms with Gasteiger partial charge in [0.05, 0.1) is 0 Å². The van der Waals surface area contributed by atoms with E-state index in [1.807, 2.05) is 0 Å². The maximum Gasteiger partial charge on any atom is 0.0455 e. The summed E-state index contributed by atoms with van der Waals surface area (Å²) in [5.74, 6) is 0. The van der Waals surface area contributed by atoms with Gasteiger partial charge in [0.2, 0.25) is 0 Å². The van der Waals surface area contributed by atoms with Crippen molar-refractivity contribution in [3.05, 3.63) is 0 Å². The minimum atomic E-state index is 1.00. The molecule has 9 N–H and O–H groups in total. The lowest BCUT2D eigenvalue weighted by molar-refractivity contribution is 0.534. The second-order valence-corrected chi connectivity index (χ2v) is 4.86. The van der Waals surface area contributed by atoms with Crippen molar-refractivity contribution in [1.82, 2.24) is 48.5 Å². The quantitative estimate of drug-likeness (QED) is 0.224. The molecular formula is C12H33N9. The predicted octanol–water partition coefficient (Wildman–Crippen LogP) is -3.60. The van der Waals surface area contributed by atoms with Crippen LogP contribution in [0.25, 0.3) is 0 Å². The molecule has 0 atom stereocenters. The van der Waals surface area contributed by atoms with E-state index in [4.69, 9.17) is 0 Å². The Morgan fingerprint density at radius 2 is 0.857 bits per heavy atom. The summed E-state index contributed by atoms with van der Waals surface area (Å²) in [6.07, 6.45) is 1.28. The molecule has 0 unspecified atom stereocenters. The Hall–Kier alpha value is -0.360. The Morgan fingerprint density at radius 3 is 1.05 bits per heavy atom. The summed E-state index contributed by atoms with van der Waals surface area (Å²) >= 11 is 0. The molecule has 0 amide bonds. The normalized spacial score (nSPS) is 24.0. The van der Waals surface area contributed by atoms with Gasteiger partial charge in [-0.1, -0.05) is 0 Å². The summed E-state index contributed by atoms with van der Waals surface area (Å²) in [6.45, 7) is 12.2. The Morgan fingerprint density at radius 1 is 0.381 bits per heavy atom. The monoisotopic (exact) mass is 303 g/mol. The van der Waals surface area contributed by atoms with Crippen LogP contribution in [0.15, 0.2) is 0 Å². The van der Waals surface area contributed by atoms with Crippen LogP contribution < -0.4 is 48.5 Å². The van der Waals surface area contributed by atoms with Crippen molar-refractivity contribution in [2.75, 3.05) is 72.1 Å². The van der Waals surface area contributed by atoms with Crippen LogP contribution in [-0.2, 0) is 0 Å². The maximum absolute atomic E-state index is 3.22. The maximum atomic E-state index is 3.22. The molecule has 4 saturated heterocycles. The van der Waals surface area contributed by atoms with E-state index in [-0.39, 0.29) is 0 Å². The molecule has 4 aliphatic rings. The lowest BCUT2D eigenvalue weighted by Crippen LogP contribution is -2.39. The largest absolute Gasteiger partial charge is 0.314 e. The second kappa shape index (κ2) is 16.0. The molecular weight excluding hydrogens is 270 g/mol. The zero-order valence-electron chi connectivity index (χ0n) is 13.0. The number of nitrogens with one attached hydrogen (secondary N) is 9. The minimum Gasteiger partial charge on any atom is -0.314 e. The van der Waals surface area contributed by atoms with Crippen molar-refractivity contribution in [3.8, 4) is 0 Å².